The van der Waals surface area contributed by atoms with Gasteiger partial charge in [0.15, 0.2) is 6.29 Å². The van der Waals surface area contributed by atoms with Crippen molar-refractivity contribution in [2.75, 3.05) is 19.8 Å². The highest BCUT2D eigenvalue weighted by Gasteiger charge is 2.09. The molecule has 1 aromatic rings. The third-order valence-electron chi connectivity index (χ3n) is 2.48. The summed E-state index contributed by atoms with van der Waals surface area (Å²) in [4.78, 5) is 11.7. The molecule has 1 rings (SSSR count). The molecule has 112 valence electrons. The molecule has 2 amide bonds. The Labute approximate surface area is 128 Å². The summed E-state index contributed by atoms with van der Waals surface area (Å²) in [5.41, 5.74) is 1.03. The first-order valence-corrected chi connectivity index (χ1v) is 7.44. The zero-order chi connectivity index (χ0) is 14.8. The largest absolute Gasteiger partial charge is 0.351 e. The Hall–Kier alpha value is -1.11. The molecule has 6 heteroatoms. The van der Waals surface area contributed by atoms with Gasteiger partial charge in [0.1, 0.15) is 0 Å². The van der Waals surface area contributed by atoms with Crippen LogP contribution in [0.1, 0.15) is 19.4 Å². The lowest BCUT2D eigenvalue weighted by atomic mass is 10.2. The molecule has 0 heterocycles. The lowest BCUT2D eigenvalue weighted by molar-refractivity contribution is -0.131. The molecular weight excluding hydrogens is 324 g/mol. The van der Waals surface area contributed by atoms with Gasteiger partial charge in [-0.05, 0) is 31.5 Å². The molecule has 0 bridgehead atoms. The Morgan fingerprint density at radius 2 is 1.95 bits per heavy atom. The van der Waals surface area contributed by atoms with Gasteiger partial charge in [0, 0.05) is 24.2 Å². The van der Waals surface area contributed by atoms with Crippen LogP contribution in [-0.2, 0) is 16.0 Å². The Balaban J connectivity index is 2.29. The third kappa shape index (κ3) is 6.88. The van der Waals surface area contributed by atoms with Crippen LogP contribution in [0.25, 0.3) is 0 Å². The minimum atomic E-state index is -0.401. The van der Waals surface area contributed by atoms with Crippen LogP contribution in [0.3, 0.4) is 0 Å². The molecular formula is C14H21BrN2O3. The van der Waals surface area contributed by atoms with E-state index in [1.54, 1.807) is 0 Å². The number of ether oxygens (including phenoxy) is 2. The van der Waals surface area contributed by atoms with Crippen molar-refractivity contribution in [2.24, 2.45) is 0 Å². The van der Waals surface area contributed by atoms with Gasteiger partial charge in [-0.3, -0.25) is 0 Å². The minimum Gasteiger partial charge on any atom is -0.351 e. The summed E-state index contributed by atoms with van der Waals surface area (Å²) in [6.07, 6.45) is -0.401. The summed E-state index contributed by atoms with van der Waals surface area (Å²) in [5.74, 6) is 0. The van der Waals surface area contributed by atoms with Crippen molar-refractivity contribution in [1.29, 1.82) is 0 Å². The molecule has 5 nitrogen and oxygen atoms in total. The maximum Gasteiger partial charge on any atom is 0.315 e. The number of rotatable bonds is 8. The van der Waals surface area contributed by atoms with Gasteiger partial charge in [0.2, 0.25) is 0 Å². The molecule has 0 saturated carbocycles. The van der Waals surface area contributed by atoms with Crippen LogP contribution in [0.2, 0.25) is 0 Å². The Morgan fingerprint density at radius 3 is 2.55 bits per heavy atom. The summed E-state index contributed by atoms with van der Waals surface area (Å²) in [6, 6.07) is 7.55. The highest BCUT2D eigenvalue weighted by molar-refractivity contribution is 9.10. The fourth-order valence-corrected chi connectivity index (χ4v) is 2.05. The van der Waals surface area contributed by atoms with Crippen LogP contribution in [0.4, 0.5) is 4.79 Å². The van der Waals surface area contributed by atoms with Crippen molar-refractivity contribution in [2.45, 2.75) is 26.7 Å². The van der Waals surface area contributed by atoms with Gasteiger partial charge in [-0.1, -0.05) is 28.1 Å². The Bertz CT molecular complexity index is 409. The monoisotopic (exact) mass is 344 g/mol. The summed E-state index contributed by atoms with van der Waals surface area (Å²) in [5, 5.41) is 5.51. The van der Waals surface area contributed by atoms with Crippen molar-refractivity contribution in [3.05, 3.63) is 34.3 Å². The molecule has 0 aromatic heterocycles. The third-order valence-corrected chi connectivity index (χ3v) is 2.97. The van der Waals surface area contributed by atoms with Gasteiger partial charge in [-0.2, -0.15) is 0 Å². The normalized spacial score (nSPS) is 10.6. The molecule has 0 aliphatic rings. The average Bonchev–Trinajstić information content (AvgIpc) is 2.43. The Kier molecular flexibility index (Phi) is 8.25. The van der Waals surface area contributed by atoms with Gasteiger partial charge in [0.25, 0.3) is 0 Å². The second-order valence-electron chi connectivity index (χ2n) is 4.03. The predicted octanol–water partition coefficient (Wildman–Crippen LogP) is 2.65. The smallest absolute Gasteiger partial charge is 0.315 e. The van der Waals surface area contributed by atoms with Crippen LogP contribution in [0.5, 0.6) is 0 Å². The first kappa shape index (κ1) is 16.9. The van der Waals surface area contributed by atoms with E-state index in [-0.39, 0.29) is 6.03 Å². The second-order valence-corrected chi connectivity index (χ2v) is 4.95. The molecule has 0 saturated heterocycles. The average molecular weight is 345 g/mol. The van der Waals surface area contributed by atoms with E-state index in [1.165, 1.54) is 0 Å². The van der Waals surface area contributed by atoms with Crippen LogP contribution in [0.15, 0.2) is 28.7 Å². The first-order chi connectivity index (χ1) is 9.65. The van der Waals surface area contributed by atoms with Crippen molar-refractivity contribution in [3.8, 4) is 0 Å². The fraction of sp³-hybridized carbons (Fsp3) is 0.500. The minimum absolute atomic E-state index is 0.241. The Morgan fingerprint density at radius 1 is 1.25 bits per heavy atom. The number of halogens is 1. The van der Waals surface area contributed by atoms with E-state index in [0.29, 0.717) is 26.3 Å². The summed E-state index contributed by atoms with van der Waals surface area (Å²) in [7, 11) is 0. The topological polar surface area (TPSA) is 59.6 Å². The maximum atomic E-state index is 11.7. The first-order valence-electron chi connectivity index (χ1n) is 6.65. The number of nitrogens with one attached hydrogen (secondary N) is 2. The number of hydrogen-bond acceptors (Lipinski definition) is 3. The van der Waals surface area contributed by atoms with E-state index < -0.39 is 6.29 Å². The lowest BCUT2D eigenvalue weighted by Crippen LogP contribution is -2.41. The van der Waals surface area contributed by atoms with Crippen LogP contribution < -0.4 is 10.6 Å². The quantitative estimate of drug-likeness (QED) is 0.712. The molecule has 1 aromatic carbocycles. The zero-order valence-corrected chi connectivity index (χ0v) is 13.4. The molecule has 0 unspecified atom stereocenters. The van der Waals surface area contributed by atoms with Crippen LogP contribution in [-0.4, -0.2) is 32.1 Å². The second kappa shape index (κ2) is 9.74. The van der Waals surface area contributed by atoms with Crippen LogP contribution >= 0.6 is 15.9 Å². The van der Waals surface area contributed by atoms with Gasteiger partial charge >= 0.3 is 6.03 Å². The molecule has 0 fully saturated rings. The van der Waals surface area contributed by atoms with Crippen molar-refractivity contribution in [3.63, 3.8) is 0 Å². The summed E-state index contributed by atoms with van der Waals surface area (Å²) < 4.78 is 11.7. The predicted molar refractivity (Wildman–Crippen MR) is 81.4 cm³/mol. The van der Waals surface area contributed by atoms with Crippen LogP contribution in [0, 0.1) is 0 Å². The van der Waals surface area contributed by atoms with Gasteiger partial charge in [-0.15, -0.1) is 0 Å². The lowest BCUT2D eigenvalue weighted by Gasteiger charge is -2.17. The van der Waals surface area contributed by atoms with E-state index >= 15 is 0 Å². The van der Waals surface area contributed by atoms with E-state index in [4.69, 9.17) is 9.47 Å². The molecule has 0 radical (unpaired) electrons. The SMILES string of the molecule is CCOC(CNC(=O)NCc1cccc(Br)c1)OCC. The molecule has 0 atom stereocenters. The van der Waals surface area contributed by atoms with E-state index in [9.17, 15) is 4.79 Å². The highest BCUT2D eigenvalue weighted by Crippen LogP contribution is 2.11. The summed E-state index contributed by atoms with van der Waals surface area (Å²) in [6.45, 7) is 5.67. The molecule has 0 spiro atoms. The fourth-order valence-electron chi connectivity index (χ4n) is 1.61. The maximum absolute atomic E-state index is 11.7. The van der Waals surface area contributed by atoms with Gasteiger partial charge < -0.3 is 20.1 Å². The number of carbonyl (C=O) groups is 1. The van der Waals surface area contributed by atoms with Gasteiger partial charge in [-0.25, -0.2) is 4.79 Å². The van der Waals surface area contributed by atoms with Crippen molar-refractivity contribution < 1.29 is 14.3 Å². The molecule has 0 aliphatic heterocycles. The molecule has 2 N–H and O–H groups in total. The van der Waals surface area contributed by atoms with Crippen molar-refractivity contribution in [1.82, 2.24) is 10.6 Å². The summed E-state index contributed by atoms with van der Waals surface area (Å²) >= 11 is 3.39. The number of amides is 2. The number of hydrogen-bond donors (Lipinski definition) is 2. The number of carbonyl (C=O) groups excluding carboxylic acids is 1. The standard InChI is InChI=1S/C14H21BrN2O3/c1-3-19-13(20-4-2)10-17-14(18)16-9-11-6-5-7-12(15)8-11/h5-8,13H,3-4,9-10H2,1-2H3,(H2,16,17,18). The van der Waals surface area contributed by atoms with E-state index in [1.807, 2.05) is 38.1 Å². The number of urea groups is 1. The van der Waals surface area contributed by atoms with E-state index in [0.717, 1.165) is 10.0 Å². The molecule has 20 heavy (non-hydrogen) atoms. The van der Waals surface area contributed by atoms with Crippen molar-refractivity contribution >= 4 is 22.0 Å². The number of benzene rings is 1. The zero-order valence-electron chi connectivity index (χ0n) is 11.8. The molecule has 0 aliphatic carbocycles. The van der Waals surface area contributed by atoms with Gasteiger partial charge in [0.05, 0.1) is 6.54 Å². The highest BCUT2D eigenvalue weighted by atomic mass is 79.9. The van der Waals surface area contributed by atoms with E-state index in [2.05, 4.69) is 26.6 Å².